The molecule has 0 heterocycles. The zero-order valence-corrected chi connectivity index (χ0v) is 27.0. The number of hydrogen-bond donors (Lipinski definition) is 2. The summed E-state index contributed by atoms with van der Waals surface area (Å²) >= 11 is 0. The lowest BCUT2D eigenvalue weighted by Crippen LogP contribution is -2.25. The van der Waals surface area contributed by atoms with Crippen molar-refractivity contribution in [3.8, 4) is 5.75 Å². The molecule has 0 bridgehead atoms. The van der Waals surface area contributed by atoms with Gasteiger partial charge in [0.05, 0.1) is 22.8 Å². The Kier molecular flexibility index (Phi) is 33.4. The van der Waals surface area contributed by atoms with E-state index in [0.717, 1.165) is 48.6 Å². The van der Waals surface area contributed by atoms with Gasteiger partial charge in [-0.3, -0.25) is 9.00 Å². The van der Waals surface area contributed by atoms with Gasteiger partial charge >= 0.3 is 0 Å². The van der Waals surface area contributed by atoms with Gasteiger partial charge < -0.3 is 15.4 Å². The second-order valence-corrected chi connectivity index (χ2v) is 9.49. The molecule has 5 nitrogen and oxygen atoms in total. The number of benzene rings is 1. The summed E-state index contributed by atoms with van der Waals surface area (Å²) in [4.78, 5) is 10.9. The molecule has 1 fully saturated rings. The third-order valence-electron chi connectivity index (χ3n) is 5.64. The molecule has 3 rings (SSSR count). The molecule has 0 spiro atoms. The van der Waals surface area contributed by atoms with E-state index in [0.29, 0.717) is 5.75 Å². The van der Waals surface area contributed by atoms with Crippen LogP contribution in [0, 0.1) is 0 Å². The highest BCUT2D eigenvalue weighted by molar-refractivity contribution is 7.84. The van der Waals surface area contributed by atoms with Crippen molar-refractivity contribution in [1.82, 2.24) is 10.6 Å². The first-order valence-electron chi connectivity index (χ1n) is 14.7. The predicted molar refractivity (Wildman–Crippen MR) is 170 cm³/mol. The van der Waals surface area contributed by atoms with Gasteiger partial charge in [-0.1, -0.05) is 79.5 Å². The van der Waals surface area contributed by atoms with Crippen molar-refractivity contribution in [3.63, 3.8) is 0 Å². The number of allylic oxidation sites excluding steroid dienone is 2. The van der Waals surface area contributed by atoms with Crippen molar-refractivity contribution in [2.75, 3.05) is 27.0 Å². The Balaban J connectivity index is -0.000000459. The summed E-state index contributed by atoms with van der Waals surface area (Å²) in [7, 11) is 2.51. The summed E-state index contributed by atoms with van der Waals surface area (Å²) in [6, 6.07) is 6.57. The zero-order valence-electron chi connectivity index (χ0n) is 26.2. The highest BCUT2D eigenvalue weighted by Gasteiger charge is 2.10. The summed E-state index contributed by atoms with van der Waals surface area (Å²) in [6.07, 6.45) is 18.9. The van der Waals surface area contributed by atoms with Crippen LogP contribution in [0.4, 0.5) is 0 Å². The molecule has 0 radical (unpaired) electrons. The van der Waals surface area contributed by atoms with Crippen molar-refractivity contribution in [2.24, 2.45) is 0 Å². The van der Waals surface area contributed by atoms with Gasteiger partial charge in [-0.05, 0) is 88.0 Å². The quantitative estimate of drug-likeness (QED) is 0.320. The first-order chi connectivity index (χ1) is 18.5. The van der Waals surface area contributed by atoms with Gasteiger partial charge in [0.1, 0.15) is 12.0 Å². The van der Waals surface area contributed by atoms with Crippen molar-refractivity contribution >= 4 is 17.1 Å². The molecule has 1 aromatic carbocycles. The maximum absolute atomic E-state index is 11.5. The SMILES string of the molecule is C=CNC1CCCCC1.CC.CC.CC.CNCCc1ccc(OC)c(S(C)=O)c1.O=CC1=CCCCC1. The van der Waals surface area contributed by atoms with Crippen LogP contribution in [0.15, 0.2) is 47.5 Å². The van der Waals surface area contributed by atoms with Gasteiger partial charge in [-0.25, -0.2) is 0 Å². The first kappa shape index (κ1) is 40.6. The van der Waals surface area contributed by atoms with Gasteiger partial charge in [-0.2, -0.15) is 0 Å². The third-order valence-corrected chi connectivity index (χ3v) is 6.58. The van der Waals surface area contributed by atoms with Gasteiger partial charge in [0.2, 0.25) is 0 Å². The minimum absolute atomic E-state index is 0.698. The molecule has 2 N–H and O–H groups in total. The van der Waals surface area contributed by atoms with Gasteiger partial charge in [0, 0.05) is 12.3 Å². The van der Waals surface area contributed by atoms with E-state index >= 15 is 0 Å². The maximum Gasteiger partial charge on any atom is 0.145 e. The molecule has 0 saturated heterocycles. The molecule has 222 valence electrons. The molecular formula is C32H60N2O3S. The van der Waals surface area contributed by atoms with E-state index in [2.05, 4.69) is 17.2 Å². The number of rotatable bonds is 8. The molecule has 0 aromatic heterocycles. The first-order valence-corrected chi connectivity index (χ1v) is 16.3. The fourth-order valence-corrected chi connectivity index (χ4v) is 4.53. The molecular weight excluding hydrogens is 492 g/mol. The van der Waals surface area contributed by atoms with Crippen LogP contribution >= 0.6 is 0 Å². The Morgan fingerprint density at radius 2 is 1.66 bits per heavy atom. The summed E-state index contributed by atoms with van der Waals surface area (Å²) in [5, 5.41) is 6.33. The molecule has 2 aliphatic carbocycles. The van der Waals surface area contributed by atoms with E-state index < -0.39 is 10.8 Å². The Morgan fingerprint density at radius 1 is 1.03 bits per heavy atom. The molecule has 6 heteroatoms. The lowest BCUT2D eigenvalue weighted by molar-refractivity contribution is -0.105. The second-order valence-electron chi connectivity index (χ2n) is 8.14. The topological polar surface area (TPSA) is 67.4 Å². The van der Waals surface area contributed by atoms with Gasteiger partial charge in [-0.15, -0.1) is 0 Å². The lowest BCUT2D eigenvalue weighted by Gasteiger charge is -2.21. The van der Waals surface area contributed by atoms with Gasteiger partial charge in [0.25, 0.3) is 0 Å². The fraction of sp³-hybridized carbons (Fsp3) is 0.656. The number of nitrogens with one attached hydrogen (secondary N) is 2. The molecule has 1 atom stereocenters. The Bertz CT molecular complexity index is 729. The largest absolute Gasteiger partial charge is 0.495 e. The van der Waals surface area contributed by atoms with Crippen molar-refractivity contribution in [3.05, 3.63) is 48.2 Å². The number of carbonyl (C=O) groups excluding carboxylic acids is 1. The maximum atomic E-state index is 11.5. The van der Waals surface area contributed by atoms with Crippen LogP contribution in [-0.4, -0.2) is 43.5 Å². The summed E-state index contributed by atoms with van der Waals surface area (Å²) in [6.45, 7) is 16.6. The van der Waals surface area contributed by atoms with Crippen LogP contribution in [-0.2, 0) is 22.0 Å². The van der Waals surface area contributed by atoms with Crippen molar-refractivity contribution in [2.45, 2.75) is 117 Å². The summed E-state index contributed by atoms with van der Waals surface area (Å²) in [5.41, 5.74) is 2.17. The molecule has 38 heavy (non-hydrogen) atoms. The normalized spacial score (nSPS) is 14.6. The Morgan fingerprint density at radius 3 is 2.08 bits per heavy atom. The van der Waals surface area contributed by atoms with Crippen LogP contribution in [0.2, 0.25) is 0 Å². The monoisotopic (exact) mass is 552 g/mol. The van der Waals surface area contributed by atoms with Gasteiger partial charge in [0.15, 0.2) is 0 Å². The average Bonchev–Trinajstić information content (AvgIpc) is 3.00. The lowest BCUT2D eigenvalue weighted by atomic mass is 9.96. The second kappa shape index (κ2) is 31.3. The smallest absolute Gasteiger partial charge is 0.145 e. The number of methoxy groups -OCH3 is 1. The van der Waals surface area contributed by atoms with Crippen molar-refractivity contribution < 1.29 is 13.7 Å². The van der Waals surface area contributed by atoms with E-state index in [-0.39, 0.29) is 0 Å². The zero-order chi connectivity index (χ0) is 29.6. The highest BCUT2D eigenvalue weighted by atomic mass is 32.2. The van der Waals surface area contributed by atoms with Crippen LogP contribution in [0.5, 0.6) is 5.75 Å². The Labute approximate surface area is 238 Å². The van der Waals surface area contributed by atoms with E-state index in [1.54, 1.807) is 13.4 Å². The highest BCUT2D eigenvalue weighted by Crippen LogP contribution is 2.23. The number of aldehydes is 1. The number of hydrogen-bond acceptors (Lipinski definition) is 5. The summed E-state index contributed by atoms with van der Waals surface area (Å²) in [5.74, 6) is 0.698. The van der Waals surface area contributed by atoms with Crippen molar-refractivity contribution in [1.29, 1.82) is 0 Å². The molecule has 0 aliphatic heterocycles. The van der Waals surface area contributed by atoms with E-state index in [9.17, 15) is 9.00 Å². The predicted octanol–water partition coefficient (Wildman–Crippen LogP) is 8.01. The number of likely N-dealkylation sites (N-methyl/N-ethyl adjacent to an activating group) is 1. The standard InChI is InChI=1S/C11H17NO2S.C8H15N.C7H10O.3C2H6/c1-12-7-6-9-4-5-10(14-2)11(8-9)15(3)13;1-2-9-8-6-4-3-5-7-8;8-6-7-4-2-1-3-5-7;3*1-2/h4-5,8,12H,6-7H2,1-3H3;2,8-9H,1,3-7H2;4,6H,1-3,5H2;3*1-2H3. The fourth-order valence-electron chi connectivity index (χ4n) is 3.78. The van der Waals surface area contributed by atoms with Crippen LogP contribution in [0.3, 0.4) is 0 Å². The third kappa shape index (κ3) is 21.1. The molecule has 0 amide bonds. The minimum atomic E-state index is -1.00. The number of ether oxygens (including phenoxy) is 1. The van der Waals surface area contributed by atoms with E-state index in [4.69, 9.17) is 4.74 Å². The van der Waals surface area contributed by atoms with Crippen LogP contribution < -0.4 is 15.4 Å². The summed E-state index contributed by atoms with van der Waals surface area (Å²) < 4.78 is 16.6. The molecule has 1 unspecified atom stereocenters. The minimum Gasteiger partial charge on any atom is -0.495 e. The molecule has 2 aliphatic rings. The van der Waals surface area contributed by atoms with E-state index in [1.807, 2.05) is 79.1 Å². The molecule has 1 saturated carbocycles. The van der Waals surface area contributed by atoms with Crippen LogP contribution in [0.25, 0.3) is 0 Å². The Hall–Kier alpha value is -1.92. The average molecular weight is 553 g/mol. The van der Waals surface area contributed by atoms with Crippen LogP contribution in [0.1, 0.15) is 105 Å². The number of carbonyl (C=O) groups is 1. The molecule has 1 aromatic rings. The van der Waals surface area contributed by atoms with E-state index in [1.165, 1.54) is 50.5 Å².